The molecule has 2 amide bonds. The molecule has 27 heavy (non-hydrogen) atoms. The van der Waals surface area contributed by atoms with Crippen LogP contribution in [0.1, 0.15) is 34.6 Å². The predicted molar refractivity (Wildman–Crippen MR) is 101 cm³/mol. The molecule has 8 nitrogen and oxygen atoms in total. The third-order valence-corrected chi connectivity index (χ3v) is 6.05. The maximum atomic E-state index is 12.6. The molecule has 0 radical (unpaired) electrons. The molecule has 2 aromatic rings. The average Bonchev–Trinajstić information content (AvgIpc) is 3.22. The summed E-state index contributed by atoms with van der Waals surface area (Å²) in [5.41, 5.74) is 8.37. The quantitative estimate of drug-likeness (QED) is 0.778. The van der Waals surface area contributed by atoms with E-state index in [9.17, 15) is 14.4 Å². The van der Waals surface area contributed by atoms with E-state index in [1.54, 1.807) is 32.5 Å². The summed E-state index contributed by atoms with van der Waals surface area (Å²) in [6.07, 6.45) is 0.884. The van der Waals surface area contributed by atoms with E-state index in [4.69, 9.17) is 5.73 Å². The second kappa shape index (κ2) is 7.24. The van der Waals surface area contributed by atoms with Gasteiger partial charge in [0.05, 0.1) is 18.1 Å². The minimum Gasteiger partial charge on any atom is -0.349 e. The highest BCUT2D eigenvalue weighted by Crippen LogP contribution is 2.40. The summed E-state index contributed by atoms with van der Waals surface area (Å²) < 4.78 is 1.80. The number of thiazole rings is 1. The summed E-state index contributed by atoms with van der Waals surface area (Å²) in [5, 5.41) is 4.59. The molecule has 0 aliphatic carbocycles. The van der Waals surface area contributed by atoms with Crippen molar-refractivity contribution >= 4 is 23.2 Å². The van der Waals surface area contributed by atoms with Crippen molar-refractivity contribution in [3.8, 4) is 0 Å². The van der Waals surface area contributed by atoms with Gasteiger partial charge in [0.1, 0.15) is 5.69 Å². The maximum absolute atomic E-state index is 12.6. The summed E-state index contributed by atoms with van der Waals surface area (Å²) >= 11 is 1.36. The number of aromatic nitrogens is 2. The smallest absolute Gasteiger partial charge is 0.270 e. The molecule has 0 spiro atoms. The lowest BCUT2D eigenvalue weighted by atomic mass is 9.78. The molecule has 2 aromatic heterocycles. The van der Waals surface area contributed by atoms with Crippen LogP contribution in [0.2, 0.25) is 0 Å². The molecule has 0 aromatic carbocycles. The van der Waals surface area contributed by atoms with E-state index < -0.39 is 0 Å². The number of carbonyl (C=O) groups excluding carboxylic acids is 2. The van der Waals surface area contributed by atoms with E-state index in [-0.39, 0.29) is 41.8 Å². The van der Waals surface area contributed by atoms with Gasteiger partial charge in [-0.15, -0.1) is 11.3 Å². The summed E-state index contributed by atoms with van der Waals surface area (Å²) in [4.78, 5) is 42.9. The highest BCUT2D eigenvalue weighted by molar-refractivity contribution is 7.07. The molecular weight excluding hydrogens is 366 g/mol. The van der Waals surface area contributed by atoms with E-state index in [1.165, 1.54) is 11.3 Å². The normalized spacial score (nSPS) is 23.6. The maximum Gasteiger partial charge on any atom is 0.270 e. The molecule has 4 rings (SSSR count). The second-order valence-electron chi connectivity index (χ2n) is 7.01. The lowest BCUT2D eigenvalue weighted by Gasteiger charge is -2.47. The van der Waals surface area contributed by atoms with Crippen molar-refractivity contribution in [2.24, 2.45) is 11.7 Å². The standard InChI is InChI=1S/C18H21N5O3S/c19-5-17(25)22-7-11-4-12(8-22)15(23-14(11)2-1-3-16(23)24)6-20-18(26)13-9-27-10-21-13/h1-3,9-12,15H,4-8,19H2,(H,20,26)/t11-,12+,15+/m1/s1. The number of carbonyl (C=O) groups is 2. The number of nitrogens with two attached hydrogens (primary N) is 1. The van der Waals surface area contributed by atoms with Gasteiger partial charge in [0.25, 0.3) is 11.5 Å². The Morgan fingerprint density at radius 1 is 1.33 bits per heavy atom. The fourth-order valence-corrected chi connectivity index (χ4v) is 4.78. The Morgan fingerprint density at radius 2 is 2.19 bits per heavy atom. The van der Waals surface area contributed by atoms with E-state index >= 15 is 0 Å². The van der Waals surface area contributed by atoms with Gasteiger partial charge in [-0.3, -0.25) is 14.4 Å². The van der Waals surface area contributed by atoms with Gasteiger partial charge in [0.2, 0.25) is 5.91 Å². The molecule has 1 saturated heterocycles. The fourth-order valence-electron chi connectivity index (χ4n) is 4.25. The van der Waals surface area contributed by atoms with Crippen LogP contribution in [0.4, 0.5) is 0 Å². The van der Waals surface area contributed by atoms with Crippen molar-refractivity contribution in [2.45, 2.75) is 18.4 Å². The van der Waals surface area contributed by atoms with Crippen LogP contribution in [0.25, 0.3) is 0 Å². The average molecular weight is 387 g/mol. The molecule has 9 heteroatoms. The fraction of sp³-hybridized carbons (Fsp3) is 0.444. The number of hydrogen-bond acceptors (Lipinski definition) is 6. The van der Waals surface area contributed by atoms with Gasteiger partial charge >= 0.3 is 0 Å². The Labute approximate surface area is 160 Å². The Bertz CT molecular complexity index is 910. The van der Waals surface area contributed by atoms with Gasteiger partial charge in [-0.2, -0.15) is 0 Å². The molecule has 1 fully saturated rings. The van der Waals surface area contributed by atoms with Gasteiger partial charge < -0.3 is 20.5 Å². The van der Waals surface area contributed by atoms with Crippen LogP contribution >= 0.6 is 11.3 Å². The van der Waals surface area contributed by atoms with E-state index in [0.29, 0.717) is 25.3 Å². The van der Waals surface area contributed by atoms with Gasteiger partial charge in [0.15, 0.2) is 0 Å². The van der Waals surface area contributed by atoms with Crippen LogP contribution < -0.4 is 16.6 Å². The zero-order valence-corrected chi connectivity index (χ0v) is 15.5. The van der Waals surface area contributed by atoms with Gasteiger partial charge in [0, 0.05) is 42.7 Å². The number of hydrogen-bond donors (Lipinski definition) is 2. The molecule has 0 saturated carbocycles. The van der Waals surface area contributed by atoms with Crippen LogP contribution in [-0.4, -0.2) is 52.4 Å². The number of fused-ring (bicyclic) bond motifs is 4. The molecule has 142 valence electrons. The van der Waals surface area contributed by atoms with Crippen LogP contribution in [0.15, 0.2) is 33.9 Å². The van der Waals surface area contributed by atoms with Crippen LogP contribution in [0.3, 0.4) is 0 Å². The third-order valence-electron chi connectivity index (χ3n) is 5.46. The van der Waals surface area contributed by atoms with Crippen molar-refractivity contribution in [3.05, 3.63) is 50.8 Å². The Morgan fingerprint density at radius 3 is 2.93 bits per heavy atom. The first-order valence-corrected chi connectivity index (χ1v) is 9.88. The minimum atomic E-state index is -0.255. The summed E-state index contributed by atoms with van der Waals surface area (Å²) in [6.45, 7) is 1.42. The molecule has 2 aliphatic heterocycles. The highest BCUT2D eigenvalue weighted by Gasteiger charge is 2.41. The molecule has 4 heterocycles. The van der Waals surface area contributed by atoms with Crippen LogP contribution in [0.5, 0.6) is 0 Å². The summed E-state index contributed by atoms with van der Waals surface area (Å²) in [7, 11) is 0. The molecule has 0 unspecified atom stereocenters. The molecule has 3 N–H and O–H groups in total. The molecule has 2 bridgehead atoms. The number of amides is 2. The first-order valence-electron chi connectivity index (χ1n) is 8.94. The van der Waals surface area contributed by atoms with Crippen molar-refractivity contribution in [1.29, 1.82) is 0 Å². The second-order valence-corrected chi connectivity index (χ2v) is 7.72. The van der Waals surface area contributed by atoms with Crippen LogP contribution in [0, 0.1) is 5.92 Å². The number of likely N-dealkylation sites (tertiary alicyclic amines) is 1. The predicted octanol–water partition coefficient (Wildman–Crippen LogP) is 0.180. The summed E-state index contributed by atoms with van der Waals surface area (Å²) in [5.74, 6) is -0.141. The Kier molecular flexibility index (Phi) is 4.79. The first-order chi connectivity index (χ1) is 13.1. The SMILES string of the molecule is NCC(=O)N1C[C@H]2C[C@@H](C1)[C@H](CNC(=O)c1cscn1)n1c2cccc1=O. The van der Waals surface area contributed by atoms with Crippen molar-refractivity contribution in [1.82, 2.24) is 19.8 Å². The van der Waals surface area contributed by atoms with Crippen molar-refractivity contribution < 1.29 is 9.59 Å². The van der Waals surface area contributed by atoms with Gasteiger partial charge in [-0.05, 0) is 18.4 Å². The van der Waals surface area contributed by atoms with Crippen LogP contribution in [-0.2, 0) is 4.79 Å². The van der Waals surface area contributed by atoms with Crippen molar-refractivity contribution in [3.63, 3.8) is 0 Å². The molecular formula is C18H21N5O3S. The highest BCUT2D eigenvalue weighted by atomic mass is 32.1. The van der Waals surface area contributed by atoms with Gasteiger partial charge in [-0.1, -0.05) is 6.07 Å². The number of nitrogens with zero attached hydrogens (tertiary/aromatic N) is 3. The number of piperidine rings is 1. The number of nitrogens with one attached hydrogen (secondary N) is 1. The monoisotopic (exact) mass is 387 g/mol. The zero-order chi connectivity index (χ0) is 19.0. The van der Waals surface area contributed by atoms with Crippen molar-refractivity contribution in [2.75, 3.05) is 26.2 Å². The molecule has 2 aliphatic rings. The third kappa shape index (κ3) is 3.28. The largest absolute Gasteiger partial charge is 0.349 e. The van der Waals surface area contributed by atoms with Gasteiger partial charge in [-0.25, -0.2) is 4.98 Å². The number of rotatable bonds is 4. The lowest BCUT2D eigenvalue weighted by molar-refractivity contribution is -0.132. The van der Waals surface area contributed by atoms with E-state index in [0.717, 1.165) is 12.1 Å². The summed E-state index contributed by atoms with van der Waals surface area (Å²) in [6, 6.07) is 5.03. The lowest BCUT2D eigenvalue weighted by Crippen LogP contribution is -2.54. The minimum absolute atomic E-state index is 0.0216. The number of pyridine rings is 1. The first kappa shape index (κ1) is 17.9. The Balaban J connectivity index is 1.63. The zero-order valence-electron chi connectivity index (χ0n) is 14.7. The van der Waals surface area contributed by atoms with E-state index in [1.807, 2.05) is 6.07 Å². The topological polar surface area (TPSA) is 110 Å². The Hall–Kier alpha value is -2.52. The van der Waals surface area contributed by atoms with E-state index in [2.05, 4.69) is 10.3 Å². The molecule has 3 atom stereocenters.